The molecule has 0 spiro atoms. The van der Waals surface area contributed by atoms with Crippen LogP contribution in [-0.2, 0) is 0 Å². The van der Waals surface area contributed by atoms with Crippen molar-refractivity contribution in [1.29, 1.82) is 0 Å². The first-order chi connectivity index (χ1) is 15.1. The molecule has 0 aliphatic rings. The van der Waals surface area contributed by atoms with Gasteiger partial charge in [-0.25, -0.2) is 4.99 Å². The number of alkyl halides is 4. The Morgan fingerprint density at radius 1 is 0.719 bits per heavy atom. The number of hydrogen-bond acceptors (Lipinski definition) is 3. The summed E-state index contributed by atoms with van der Waals surface area (Å²) in [5, 5.41) is 8.30. The van der Waals surface area contributed by atoms with E-state index in [0.717, 1.165) is 11.1 Å². The fraction of sp³-hybridized carbons (Fsp3) is 0.318. The zero-order valence-electron chi connectivity index (χ0n) is 17.7. The SMILES string of the molecule is CC(=N[C@H](NC(=O)c1ccc(C)cc1)C(Cl)Cl)N[C@@H](NC(=O)c1ccc(C)cc1)C(Cl)Cl. The van der Waals surface area contributed by atoms with E-state index in [4.69, 9.17) is 46.4 Å². The molecule has 32 heavy (non-hydrogen) atoms. The number of rotatable bonds is 8. The number of aliphatic imine (C=N–C) groups is 1. The quantitative estimate of drug-likeness (QED) is 0.205. The summed E-state index contributed by atoms with van der Waals surface area (Å²) in [6, 6.07) is 14.1. The molecule has 0 aliphatic carbocycles. The molecule has 3 N–H and O–H groups in total. The van der Waals surface area contributed by atoms with Crippen LogP contribution < -0.4 is 16.0 Å². The molecule has 0 saturated carbocycles. The Morgan fingerprint density at radius 3 is 1.56 bits per heavy atom. The maximum atomic E-state index is 12.5. The van der Waals surface area contributed by atoms with Gasteiger partial charge >= 0.3 is 0 Å². The lowest BCUT2D eigenvalue weighted by Crippen LogP contribution is -2.52. The van der Waals surface area contributed by atoms with Gasteiger partial charge in [0.2, 0.25) is 0 Å². The van der Waals surface area contributed by atoms with Crippen molar-refractivity contribution in [1.82, 2.24) is 16.0 Å². The van der Waals surface area contributed by atoms with Gasteiger partial charge < -0.3 is 16.0 Å². The number of aryl methyl sites for hydroxylation is 2. The minimum Gasteiger partial charge on any atom is -0.352 e. The molecule has 6 nitrogen and oxygen atoms in total. The zero-order valence-corrected chi connectivity index (χ0v) is 20.7. The Labute approximate surface area is 207 Å². The average Bonchev–Trinajstić information content (AvgIpc) is 2.73. The highest BCUT2D eigenvalue weighted by molar-refractivity contribution is 6.45. The van der Waals surface area contributed by atoms with Gasteiger partial charge in [-0.3, -0.25) is 9.59 Å². The van der Waals surface area contributed by atoms with Crippen molar-refractivity contribution in [2.45, 2.75) is 42.8 Å². The second kappa shape index (κ2) is 12.3. The molecule has 2 rings (SSSR count). The van der Waals surface area contributed by atoms with E-state index in [1.807, 2.05) is 38.1 Å². The Kier molecular flexibility index (Phi) is 10.1. The smallest absolute Gasteiger partial charge is 0.252 e. The lowest BCUT2D eigenvalue weighted by molar-refractivity contribution is 0.0931. The van der Waals surface area contributed by atoms with E-state index in [2.05, 4.69) is 20.9 Å². The molecule has 0 bridgehead atoms. The molecular weight excluding hydrogens is 494 g/mol. The van der Waals surface area contributed by atoms with Crippen LogP contribution in [0.1, 0.15) is 38.8 Å². The Morgan fingerprint density at radius 2 is 1.16 bits per heavy atom. The average molecular weight is 518 g/mol. The van der Waals surface area contributed by atoms with Gasteiger partial charge in [0.05, 0.1) is 5.84 Å². The number of carbonyl (C=O) groups excluding carboxylic acids is 2. The highest BCUT2D eigenvalue weighted by Crippen LogP contribution is 2.13. The summed E-state index contributed by atoms with van der Waals surface area (Å²) in [4.78, 5) is 27.3. The summed E-state index contributed by atoms with van der Waals surface area (Å²) in [5.41, 5.74) is 2.96. The van der Waals surface area contributed by atoms with Gasteiger partial charge in [-0.1, -0.05) is 35.4 Å². The molecule has 2 aromatic rings. The number of nitrogens with one attached hydrogen (secondary N) is 3. The Hall–Kier alpha value is -1.99. The first-order valence-corrected chi connectivity index (χ1v) is 11.4. The lowest BCUT2D eigenvalue weighted by atomic mass is 10.1. The van der Waals surface area contributed by atoms with Crippen LogP contribution in [0, 0.1) is 13.8 Å². The van der Waals surface area contributed by atoms with Gasteiger partial charge in [0.25, 0.3) is 11.8 Å². The van der Waals surface area contributed by atoms with E-state index < -0.39 is 22.0 Å². The molecule has 10 heteroatoms. The van der Waals surface area contributed by atoms with Crippen LogP contribution in [0.5, 0.6) is 0 Å². The zero-order chi connectivity index (χ0) is 23.8. The van der Waals surface area contributed by atoms with Crippen LogP contribution in [-0.4, -0.2) is 39.7 Å². The van der Waals surface area contributed by atoms with Crippen LogP contribution >= 0.6 is 46.4 Å². The highest BCUT2D eigenvalue weighted by Gasteiger charge is 2.23. The molecule has 0 heterocycles. The molecule has 0 fully saturated rings. The second-order valence-electron chi connectivity index (χ2n) is 7.13. The molecule has 2 atom stereocenters. The van der Waals surface area contributed by atoms with E-state index in [9.17, 15) is 9.59 Å². The van der Waals surface area contributed by atoms with Gasteiger partial charge in [0.15, 0.2) is 6.17 Å². The lowest BCUT2D eigenvalue weighted by Gasteiger charge is -2.23. The molecule has 0 unspecified atom stereocenters. The predicted molar refractivity (Wildman–Crippen MR) is 132 cm³/mol. The molecule has 0 saturated heterocycles. The molecule has 2 amide bonds. The summed E-state index contributed by atoms with van der Waals surface area (Å²) in [6.45, 7) is 5.46. The van der Waals surface area contributed by atoms with Crippen molar-refractivity contribution in [2.24, 2.45) is 4.99 Å². The normalized spacial score (nSPS) is 13.6. The molecule has 172 valence electrons. The standard InChI is InChI=1S/C22H24Cl4N4O2/c1-12-4-8-15(9-5-12)21(31)29-19(17(23)24)27-14(3)28-20(18(25)26)30-22(32)16-10-6-13(2)7-11-16/h4-11,17-20H,1-3H3,(H,27,28)(H,29,31)(H,30,32)/t19-,20+. The van der Waals surface area contributed by atoms with Crippen LogP contribution in [0.25, 0.3) is 0 Å². The fourth-order valence-corrected chi connectivity index (χ4v) is 3.13. The summed E-state index contributed by atoms with van der Waals surface area (Å²) >= 11 is 24.1. The van der Waals surface area contributed by atoms with E-state index >= 15 is 0 Å². The third-order valence-electron chi connectivity index (χ3n) is 4.38. The van der Waals surface area contributed by atoms with E-state index in [1.165, 1.54) is 0 Å². The Balaban J connectivity index is 2.08. The first kappa shape index (κ1) is 26.3. The molecule has 0 aliphatic heterocycles. The largest absolute Gasteiger partial charge is 0.352 e. The van der Waals surface area contributed by atoms with Crippen molar-refractivity contribution in [3.8, 4) is 0 Å². The monoisotopic (exact) mass is 516 g/mol. The maximum absolute atomic E-state index is 12.5. The summed E-state index contributed by atoms with van der Waals surface area (Å²) in [6.07, 6.45) is -1.80. The van der Waals surface area contributed by atoms with Crippen molar-refractivity contribution in [3.63, 3.8) is 0 Å². The van der Waals surface area contributed by atoms with E-state index in [-0.39, 0.29) is 11.8 Å². The third-order valence-corrected chi connectivity index (χ3v) is 5.36. The number of amides is 2. The van der Waals surface area contributed by atoms with Crippen LogP contribution in [0.3, 0.4) is 0 Å². The predicted octanol–water partition coefficient (Wildman–Crippen LogP) is 4.73. The minimum absolute atomic E-state index is 0.311. The maximum Gasteiger partial charge on any atom is 0.252 e. The number of halogens is 4. The van der Waals surface area contributed by atoms with Gasteiger partial charge in [-0.2, -0.15) is 0 Å². The third kappa shape index (κ3) is 8.17. The number of nitrogens with zero attached hydrogens (tertiary/aromatic N) is 1. The highest BCUT2D eigenvalue weighted by atomic mass is 35.5. The number of carbonyl (C=O) groups is 2. The molecule has 0 radical (unpaired) electrons. The fourth-order valence-electron chi connectivity index (χ4n) is 2.64. The molecule has 0 aromatic heterocycles. The topological polar surface area (TPSA) is 82.6 Å². The van der Waals surface area contributed by atoms with Gasteiger partial charge in [0, 0.05) is 11.1 Å². The number of hydrogen-bond donors (Lipinski definition) is 3. The van der Waals surface area contributed by atoms with Crippen molar-refractivity contribution >= 4 is 64.1 Å². The Bertz CT molecular complexity index is 947. The van der Waals surface area contributed by atoms with Crippen molar-refractivity contribution < 1.29 is 9.59 Å². The summed E-state index contributed by atoms with van der Waals surface area (Å²) in [7, 11) is 0. The number of amidine groups is 1. The van der Waals surface area contributed by atoms with Gasteiger partial charge in [-0.15, -0.1) is 46.4 Å². The summed E-state index contributed by atoms with van der Waals surface area (Å²) < 4.78 is 0. The van der Waals surface area contributed by atoms with Crippen LogP contribution in [0.4, 0.5) is 0 Å². The second-order valence-corrected chi connectivity index (χ2v) is 9.46. The van der Waals surface area contributed by atoms with E-state index in [0.29, 0.717) is 17.0 Å². The van der Waals surface area contributed by atoms with Crippen LogP contribution in [0.15, 0.2) is 53.5 Å². The number of benzene rings is 2. The van der Waals surface area contributed by atoms with Gasteiger partial charge in [-0.05, 0) is 45.0 Å². The van der Waals surface area contributed by atoms with Crippen molar-refractivity contribution in [2.75, 3.05) is 0 Å². The minimum atomic E-state index is -1.02. The molecular formula is C22H24Cl4N4O2. The molecule has 2 aromatic carbocycles. The van der Waals surface area contributed by atoms with Gasteiger partial charge in [0.1, 0.15) is 15.8 Å². The van der Waals surface area contributed by atoms with Crippen LogP contribution in [0.2, 0.25) is 0 Å². The van der Waals surface area contributed by atoms with Crippen molar-refractivity contribution in [3.05, 3.63) is 70.8 Å². The van der Waals surface area contributed by atoms with E-state index in [1.54, 1.807) is 31.2 Å². The first-order valence-electron chi connectivity index (χ1n) is 9.69. The summed E-state index contributed by atoms with van der Waals surface area (Å²) in [5.74, 6) is -0.431.